The maximum atomic E-state index is 12.0. The van der Waals surface area contributed by atoms with E-state index < -0.39 is 16.2 Å². The number of carbonyl (C=O) groups is 1. The second-order valence-electron chi connectivity index (χ2n) is 4.43. The van der Waals surface area contributed by atoms with E-state index in [4.69, 9.17) is 4.18 Å². The van der Waals surface area contributed by atoms with Gasteiger partial charge in [-0.1, -0.05) is 30.3 Å². The predicted octanol–water partition coefficient (Wildman–Crippen LogP) is 2.08. The summed E-state index contributed by atoms with van der Waals surface area (Å²) in [5.74, 6) is -0.279. The summed E-state index contributed by atoms with van der Waals surface area (Å²) in [5, 5.41) is 9.59. The Labute approximate surface area is 122 Å². The van der Waals surface area contributed by atoms with Crippen LogP contribution in [0.25, 0.3) is 0 Å². The first-order valence-electron chi connectivity index (χ1n) is 6.18. The first kappa shape index (κ1) is 15.2. The number of rotatable bonds is 5. The van der Waals surface area contributed by atoms with Gasteiger partial charge < -0.3 is 9.29 Å². The molecule has 5 nitrogen and oxygen atoms in total. The fraction of sp³-hybridized carbons (Fsp3) is 0.133. The van der Waals surface area contributed by atoms with Crippen LogP contribution in [-0.4, -0.2) is 19.3 Å². The average Bonchev–Trinajstić information content (AvgIpc) is 2.48. The number of aliphatic hydroxyl groups excluding tert-OH is 1. The Morgan fingerprint density at radius 3 is 2.14 bits per heavy atom. The minimum atomic E-state index is -3.89. The fourth-order valence-electron chi connectivity index (χ4n) is 1.70. The number of ketones is 1. The van der Waals surface area contributed by atoms with Crippen LogP contribution in [0.15, 0.2) is 59.5 Å². The molecule has 0 aromatic heterocycles. The normalized spacial score (nSPS) is 12.7. The number of aliphatic hydroxyl groups is 1. The van der Waals surface area contributed by atoms with Gasteiger partial charge in [-0.3, -0.25) is 4.79 Å². The molecule has 2 rings (SSSR count). The first-order chi connectivity index (χ1) is 9.90. The number of hydrogen-bond acceptors (Lipinski definition) is 5. The molecule has 0 fully saturated rings. The Morgan fingerprint density at radius 1 is 1.05 bits per heavy atom. The second kappa shape index (κ2) is 6.07. The Morgan fingerprint density at radius 2 is 1.62 bits per heavy atom. The highest BCUT2D eigenvalue weighted by Crippen LogP contribution is 2.21. The van der Waals surface area contributed by atoms with Gasteiger partial charge in [0.25, 0.3) is 0 Å². The summed E-state index contributed by atoms with van der Waals surface area (Å²) in [6, 6.07) is 13.4. The van der Waals surface area contributed by atoms with Crippen LogP contribution in [0.2, 0.25) is 0 Å². The Bertz CT molecular complexity index is 720. The van der Waals surface area contributed by atoms with E-state index >= 15 is 0 Å². The zero-order valence-corrected chi connectivity index (χ0v) is 12.1. The summed E-state index contributed by atoms with van der Waals surface area (Å²) in [7, 11) is -3.89. The third-order valence-corrected chi connectivity index (χ3v) is 4.08. The highest BCUT2D eigenvalue weighted by molar-refractivity contribution is 7.87. The largest absolute Gasteiger partial charge is 0.381 e. The van der Waals surface area contributed by atoms with Gasteiger partial charge in [0.15, 0.2) is 5.78 Å². The minimum absolute atomic E-state index is 0.0536. The summed E-state index contributed by atoms with van der Waals surface area (Å²) >= 11 is 0. The molecule has 0 spiro atoms. The first-order valence-corrected chi connectivity index (χ1v) is 7.59. The molecule has 0 saturated heterocycles. The number of carbonyl (C=O) groups excluding carboxylic acids is 1. The highest BCUT2D eigenvalue weighted by atomic mass is 32.2. The lowest BCUT2D eigenvalue weighted by molar-refractivity contribution is -0.125. The van der Waals surface area contributed by atoms with E-state index in [-0.39, 0.29) is 16.4 Å². The van der Waals surface area contributed by atoms with Crippen molar-refractivity contribution in [2.45, 2.75) is 17.9 Å². The van der Waals surface area contributed by atoms with E-state index in [0.29, 0.717) is 5.56 Å². The SMILES string of the molecule is CC(=O)C(O)c1ccc(OS(=O)(=O)c2ccccc2)cc1. The van der Waals surface area contributed by atoms with Gasteiger partial charge in [0, 0.05) is 0 Å². The molecule has 1 N–H and O–H groups in total. The van der Waals surface area contributed by atoms with Crippen LogP contribution in [0.4, 0.5) is 0 Å². The van der Waals surface area contributed by atoms with E-state index in [1.54, 1.807) is 18.2 Å². The van der Waals surface area contributed by atoms with Crippen LogP contribution in [0.5, 0.6) is 5.75 Å². The van der Waals surface area contributed by atoms with Crippen molar-refractivity contribution in [2.75, 3.05) is 0 Å². The van der Waals surface area contributed by atoms with Crippen LogP contribution in [-0.2, 0) is 14.9 Å². The highest BCUT2D eigenvalue weighted by Gasteiger charge is 2.17. The molecule has 0 radical (unpaired) electrons. The molecular weight excluding hydrogens is 292 g/mol. The Kier molecular flexibility index (Phi) is 4.40. The Hall–Kier alpha value is -2.18. The predicted molar refractivity (Wildman–Crippen MR) is 76.3 cm³/mol. The molecule has 0 aliphatic heterocycles. The van der Waals surface area contributed by atoms with Crippen molar-refractivity contribution in [3.05, 3.63) is 60.2 Å². The molecule has 0 aliphatic carbocycles. The molecule has 0 aliphatic rings. The maximum absolute atomic E-state index is 12.0. The van der Waals surface area contributed by atoms with E-state index in [1.807, 2.05) is 0 Å². The summed E-state index contributed by atoms with van der Waals surface area (Å²) in [6.07, 6.45) is -1.22. The van der Waals surface area contributed by atoms with Crippen molar-refractivity contribution >= 4 is 15.9 Å². The van der Waals surface area contributed by atoms with Crippen molar-refractivity contribution in [1.29, 1.82) is 0 Å². The van der Waals surface area contributed by atoms with Crippen molar-refractivity contribution in [3.63, 3.8) is 0 Å². The van der Waals surface area contributed by atoms with E-state index in [2.05, 4.69) is 0 Å². The monoisotopic (exact) mass is 306 g/mol. The minimum Gasteiger partial charge on any atom is -0.381 e. The molecule has 1 unspecified atom stereocenters. The topological polar surface area (TPSA) is 80.7 Å². The molecule has 0 saturated carbocycles. The van der Waals surface area contributed by atoms with E-state index in [1.165, 1.54) is 43.3 Å². The van der Waals surface area contributed by atoms with Gasteiger partial charge in [-0.25, -0.2) is 0 Å². The quantitative estimate of drug-likeness (QED) is 0.855. The molecule has 0 bridgehead atoms. The van der Waals surface area contributed by atoms with Crippen molar-refractivity contribution in [2.24, 2.45) is 0 Å². The molecule has 110 valence electrons. The van der Waals surface area contributed by atoms with Gasteiger partial charge >= 0.3 is 10.1 Å². The zero-order valence-electron chi connectivity index (χ0n) is 11.3. The lowest BCUT2D eigenvalue weighted by Gasteiger charge is -2.09. The smallest absolute Gasteiger partial charge is 0.339 e. The van der Waals surface area contributed by atoms with Crippen molar-refractivity contribution < 1.29 is 22.5 Å². The molecular formula is C15H14O5S. The van der Waals surface area contributed by atoms with Gasteiger partial charge in [0.1, 0.15) is 16.7 Å². The lowest BCUT2D eigenvalue weighted by Crippen LogP contribution is -2.10. The molecule has 2 aromatic carbocycles. The van der Waals surface area contributed by atoms with E-state index in [9.17, 15) is 18.3 Å². The lowest BCUT2D eigenvalue weighted by atomic mass is 10.1. The van der Waals surface area contributed by atoms with Gasteiger partial charge in [-0.2, -0.15) is 8.42 Å². The van der Waals surface area contributed by atoms with Crippen LogP contribution in [0.1, 0.15) is 18.6 Å². The number of benzene rings is 2. The summed E-state index contributed by atoms with van der Waals surface area (Å²) in [6.45, 7) is 1.27. The van der Waals surface area contributed by atoms with Gasteiger partial charge in [0.2, 0.25) is 0 Å². The fourth-order valence-corrected chi connectivity index (χ4v) is 2.65. The van der Waals surface area contributed by atoms with Crippen LogP contribution >= 0.6 is 0 Å². The molecule has 1 atom stereocenters. The molecule has 2 aromatic rings. The van der Waals surface area contributed by atoms with Crippen molar-refractivity contribution in [1.82, 2.24) is 0 Å². The molecule has 6 heteroatoms. The van der Waals surface area contributed by atoms with Gasteiger partial charge in [0.05, 0.1) is 0 Å². The van der Waals surface area contributed by atoms with E-state index in [0.717, 1.165) is 0 Å². The average molecular weight is 306 g/mol. The third-order valence-electron chi connectivity index (χ3n) is 2.82. The number of hydrogen-bond donors (Lipinski definition) is 1. The van der Waals surface area contributed by atoms with Crippen molar-refractivity contribution in [3.8, 4) is 5.75 Å². The molecule has 0 heterocycles. The van der Waals surface area contributed by atoms with Crippen LogP contribution in [0.3, 0.4) is 0 Å². The maximum Gasteiger partial charge on any atom is 0.339 e. The van der Waals surface area contributed by atoms with Gasteiger partial charge in [-0.05, 0) is 36.8 Å². The standard InChI is InChI=1S/C15H14O5S/c1-11(16)15(17)12-7-9-13(10-8-12)20-21(18,19)14-5-3-2-4-6-14/h2-10,15,17H,1H3. The summed E-state index contributed by atoms with van der Waals surface area (Å²) in [5.41, 5.74) is 0.381. The number of Topliss-reactive ketones (excluding diaryl/α,β-unsaturated/α-hetero) is 1. The summed E-state index contributed by atoms with van der Waals surface area (Å²) < 4.78 is 29.0. The molecule has 0 amide bonds. The Balaban J connectivity index is 2.19. The summed E-state index contributed by atoms with van der Waals surface area (Å²) in [4.78, 5) is 11.1. The zero-order chi connectivity index (χ0) is 15.5. The van der Waals surface area contributed by atoms with Crippen LogP contribution in [0, 0.1) is 0 Å². The third kappa shape index (κ3) is 3.68. The van der Waals surface area contributed by atoms with Crippen LogP contribution < -0.4 is 4.18 Å². The molecule has 21 heavy (non-hydrogen) atoms. The van der Waals surface area contributed by atoms with Gasteiger partial charge in [-0.15, -0.1) is 0 Å². The second-order valence-corrected chi connectivity index (χ2v) is 5.98.